The molecule has 0 radical (unpaired) electrons. The monoisotopic (exact) mass is 222 g/mol. The van der Waals surface area contributed by atoms with E-state index in [-0.39, 0.29) is 5.91 Å². The summed E-state index contributed by atoms with van der Waals surface area (Å²) in [7, 11) is 0. The van der Waals surface area contributed by atoms with Gasteiger partial charge in [-0.2, -0.15) is 0 Å². The standard InChI is InChI=1S/C11H18N4O/c1-2-3-4-6-14-11(16)10-8-9(15-12)5-7-13-10/h5,7-8H,2-4,6,12H2,1H3,(H,13,15)(H,14,16). The summed E-state index contributed by atoms with van der Waals surface area (Å²) in [5.74, 6) is 5.09. The zero-order valence-electron chi connectivity index (χ0n) is 9.49. The molecule has 88 valence electrons. The quantitative estimate of drug-likeness (QED) is 0.385. The Bertz CT molecular complexity index is 341. The van der Waals surface area contributed by atoms with Crippen molar-refractivity contribution in [3.63, 3.8) is 0 Å². The first-order valence-corrected chi connectivity index (χ1v) is 5.48. The van der Waals surface area contributed by atoms with E-state index >= 15 is 0 Å². The van der Waals surface area contributed by atoms with E-state index in [1.807, 2.05) is 0 Å². The van der Waals surface area contributed by atoms with Crippen molar-refractivity contribution in [2.75, 3.05) is 12.0 Å². The molecule has 0 bridgehead atoms. The fourth-order valence-electron chi connectivity index (χ4n) is 1.31. The van der Waals surface area contributed by atoms with Gasteiger partial charge in [-0.1, -0.05) is 19.8 Å². The van der Waals surface area contributed by atoms with Gasteiger partial charge in [-0.15, -0.1) is 0 Å². The molecule has 16 heavy (non-hydrogen) atoms. The molecule has 5 nitrogen and oxygen atoms in total. The Morgan fingerprint density at radius 2 is 2.31 bits per heavy atom. The first-order valence-electron chi connectivity index (χ1n) is 5.48. The predicted molar refractivity (Wildman–Crippen MR) is 63.9 cm³/mol. The molecule has 1 rings (SSSR count). The van der Waals surface area contributed by atoms with Gasteiger partial charge in [0.05, 0.1) is 5.69 Å². The average Bonchev–Trinajstić information content (AvgIpc) is 2.34. The van der Waals surface area contributed by atoms with Gasteiger partial charge >= 0.3 is 0 Å². The molecule has 5 heteroatoms. The SMILES string of the molecule is CCCCCNC(=O)c1cc(NN)ccn1. The van der Waals surface area contributed by atoms with Crippen molar-refractivity contribution in [3.05, 3.63) is 24.0 Å². The largest absolute Gasteiger partial charge is 0.351 e. The Hall–Kier alpha value is -1.62. The average molecular weight is 222 g/mol. The van der Waals surface area contributed by atoms with Crippen LogP contribution in [0.3, 0.4) is 0 Å². The Kier molecular flexibility index (Phi) is 5.28. The normalized spacial score (nSPS) is 9.88. The van der Waals surface area contributed by atoms with Crippen LogP contribution in [-0.4, -0.2) is 17.4 Å². The topological polar surface area (TPSA) is 80.0 Å². The summed E-state index contributed by atoms with van der Waals surface area (Å²) in [5.41, 5.74) is 3.53. The first-order chi connectivity index (χ1) is 7.77. The van der Waals surface area contributed by atoms with Gasteiger partial charge in [0, 0.05) is 12.7 Å². The minimum Gasteiger partial charge on any atom is -0.351 e. The molecule has 0 fully saturated rings. The van der Waals surface area contributed by atoms with E-state index in [0.717, 1.165) is 19.3 Å². The summed E-state index contributed by atoms with van der Waals surface area (Å²) in [6.45, 7) is 2.81. The number of hydrogen-bond acceptors (Lipinski definition) is 4. The minimum atomic E-state index is -0.159. The van der Waals surface area contributed by atoms with E-state index in [0.29, 0.717) is 17.9 Å². The molecule has 0 atom stereocenters. The highest BCUT2D eigenvalue weighted by atomic mass is 16.1. The van der Waals surface area contributed by atoms with Gasteiger partial charge in [-0.05, 0) is 18.6 Å². The number of carbonyl (C=O) groups excluding carboxylic acids is 1. The minimum absolute atomic E-state index is 0.159. The Labute approximate surface area is 95.4 Å². The van der Waals surface area contributed by atoms with E-state index in [1.54, 1.807) is 18.3 Å². The number of hydrazine groups is 1. The Morgan fingerprint density at radius 3 is 3.00 bits per heavy atom. The van der Waals surface area contributed by atoms with Crippen LogP contribution in [-0.2, 0) is 0 Å². The number of pyridine rings is 1. The molecule has 0 aromatic carbocycles. The predicted octanol–water partition coefficient (Wildman–Crippen LogP) is 1.29. The summed E-state index contributed by atoms with van der Waals surface area (Å²) in [5, 5.41) is 2.82. The van der Waals surface area contributed by atoms with Crippen LogP contribution in [0.1, 0.15) is 36.7 Å². The van der Waals surface area contributed by atoms with E-state index < -0.39 is 0 Å². The molecule has 0 unspecified atom stereocenters. The molecule has 0 saturated heterocycles. The Balaban J connectivity index is 2.46. The highest BCUT2D eigenvalue weighted by Crippen LogP contribution is 2.05. The van der Waals surface area contributed by atoms with Crippen molar-refractivity contribution in [1.29, 1.82) is 0 Å². The van der Waals surface area contributed by atoms with Crippen molar-refractivity contribution in [3.8, 4) is 0 Å². The lowest BCUT2D eigenvalue weighted by molar-refractivity contribution is 0.0948. The molecule has 0 spiro atoms. The third kappa shape index (κ3) is 3.86. The number of nitrogens with zero attached hydrogens (tertiary/aromatic N) is 1. The number of amides is 1. The number of aromatic nitrogens is 1. The van der Waals surface area contributed by atoms with E-state index in [2.05, 4.69) is 22.7 Å². The summed E-state index contributed by atoms with van der Waals surface area (Å²) in [6.07, 6.45) is 4.81. The molecular formula is C11H18N4O. The second-order valence-corrected chi connectivity index (χ2v) is 3.54. The van der Waals surface area contributed by atoms with Crippen LogP contribution in [0.25, 0.3) is 0 Å². The zero-order chi connectivity index (χ0) is 11.8. The molecule has 0 aliphatic heterocycles. The highest BCUT2D eigenvalue weighted by molar-refractivity contribution is 5.93. The van der Waals surface area contributed by atoms with Crippen LogP contribution in [0.4, 0.5) is 5.69 Å². The molecule has 1 aromatic rings. The lowest BCUT2D eigenvalue weighted by atomic mass is 10.2. The number of nitrogen functional groups attached to an aromatic ring is 1. The Morgan fingerprint density at radius 1 is 1.50 bits per heavy atom. The fraction of sp³-hybridized carbons (Fsp3) is 0.455. The van der Waals surface area contributed by atoms with Crippen molar-refractivity contribution >= 4 is 11.6 Å². The number of hydrogen-bond donors (Lipinski definition) is 3. The van der Waals surface area contributed by atoms with E-state index in [1.165, 1.54) is 0 Å². The highest BCUT2D eigenvalue weighted by Gasteiger charge is 2.06. The van der Waals surface area contributed by atoms with Gasteiger partial charge in [0.15, 0.2) is 0 Å². The molecule has 1 heterocycles. The second-order valence-electron chi connectivity index (χ2n) is 3.54. The van der Waals surface area contributed by atoms with Crippen LogP contribution in [0.15, 0.2) is 18.3 Å². The van der Waals surface area contributed by atoms with Gasteiger partial charge < -0.3 is 10.7 Å². The number of anilines is 1. The third-order valence-corrected chi connectivity index (χ3v) is 2.23. The van der Waals surface area contributed by atoms with Crippen molar-refractivity contribution in [2.24, 2.45) is 5.84 Å². The molecule has 0 aliphatic carbocycles. The lowest BCUT2D eigenvalue weighted by Gasteiger charge is -2.05. The molecule has 0 saturated carbocycles. The van der Waals surface area contributed by atoms with E-state index in [9.17, 15) is 4.79 Å². The second kappa shape index (κ2) is 6.79. The summed E-state index contributed by atoms with van der Waals surface area (Å²) in [6, 6.07) is 3.32. The number of nitrogens with one attached hydrogen (secondary N) is 2. The zero-order valence-corrected chi connectivity index (χ0v) is 9.49. The number of rotatable bonds is 6. The molecule has 1 aromatic heterocycles. The molecule has 4 N–H and O–H groups in total. The maximum Gasteiger partial charge on any atom is 0.269 e. The smallest absolute Gasteiger partial charge is 0.269 e. The van der Waals surface area contributed by atoms with Crippen LogP contribution in [0.5, 0.6) is 0 Å². The van der Waals surface area contributed by atoms with Crippen LogP contribution >= 0.6 is 0 Å². The molecule has 1 amide bonds. The van der Waals surface area contributed by atoms with Crippen molar-refractivity contribution in [2.45, 2.75) is 26.2 Å². The van der Waals surface area contributed by atoms with Gasteiger partial charge in [0.25, 0.3) is 5.91 Å². The summed E-state index contributed by atoms with van der Waals surface area (Å²) >= 11 is 0. The van der Waals surface area contributed by atoms with E-state index in [4.69, 9.17) is 5.84 Å². The van der Waals surface area contributed by atoms with Gasteiger partial charge in [0.2, 0.25) is 0 Å². The number of nitrogens with two attached hydrogens (primary N) is 1. The van der Waals surface area contributed by atoms with Crippen LogP contribution in [0, 0.1) is 0 Å². The fourth-order valence-corrected chi connectivity index (χ4v) is 1.31. The van der Waals surface area contributed by atoms with Gasteiger partial charge in [-0.3, -0.25) is 15.6 Å². The maximum absolute atomic E-state index is 11.6. The molecule has 0 aliphatic rings. The van der Waals surface area contributed by atoms with Crippen LogP contribution in [0.2, 0.25) is 0 Å². The van der Waals surface area contributed by atoms with Crippen LogP contribution < -0.4 is 16.6 Å². The van der Waals surface area contributed by atoms with Crippen molar-refractivity contribution in [1.82, 2.24) is 10.3 Å². The number of carbonyl (C=O) groups is 1. The lowest BCUT2D eigenvalue weighted by Crippen LogP contribution is -2.25. The third-order valence-electron chi connectivity index (χ3n) is 2.23. The summed E-state index contributed by atoms with van der Waals surface area (Å²) < 4.78 is 0. The summed E-state index contributed by atoms with van der Waals surface area (Å²) in [4.78, 5) is 15.6. The van der Waals surface area contributed by atoms with Gasteiger partial charge in [-0.25, -0.2) is 0 Å². The molecular weight excluding hydrogens is 204 g/mol. The van der Waals surface area contributed by atoms with Crippen molar-refractivity contribution < 1.29 is 4.79 Å². The van der Waals surface area contributed by atoms with Gasteiger partial charge in [0.1, 0.15) is 5.69 Å². The first kappa shape index (κ1) is 12.4. The number of unbranched alkanes of at least 4 members (excludes halogenated alkanes) is 2. The maximum atomic E-state index is 11.6.